The van der Waals surface area contributed by atoms with Crippen LogP contribution in [-0.2, 0) is 15.9 Å². The molecule has 4 nitrogen and oxygen atoms in total. The first-order valence-corrected chi connectivity index (χ1v) is 10.1. The standard InChI is InChI=1S/C21H32N2O2/c1-2-7-20-18(5-1)6-3-12-23(20)13-4-11-22-19-8-14-25-21(17-19)9-15-24-16-10-21/h1-2,5,7,19,22H,3-4,6,8-17H2/t19-/m1/s1. The van der Waals surface area contributed by atoms with E-state index >= 15 is 0 Å². The fraction of sp³-hybridized carbons (Fsp3) is 0.714. The molecule has 1 aromatic carbocycles. The van der Waals surface area contributed by atoms with Gasteiger partial charge in [-0.1, -0.05) is 18.2 Å². The van der Waals surface area contributed by atoms with Crippen molar-refractivity contribution >= 4 is 5.69 Å². The predicted molar refractivity (Wildman–Crippen MR) is 101 cm³/mol. The second-order valence-electron chi connectivity index (χ2n) is 7.86. The molecular weight excluding hydrogens is 312 g/mol. The lowest BCUT2D eigenvalue weighted by Gasteiger charge is -2.43. The van der Waals surface area contributed by atoms with Crippen molar-refractivity contribution in [3.05, 3.63) is 29.8 Å². The summed E-state index contributed by atoms with van der Waals surface area (Å²) in [6.07, 6.45) is 8.17. The van der Waals surface area contributed by atoms with Crippen LogP contribution in [0.2, 0.25) is 0 Å². The first-order valence-electron chi connectivity index (χ1n) is 10.1. The first kappa shape index (κ1) is 17.3. The highest BCUT2D eigenvalue weighted by Crippen LogP contribution is 2.34. The third kappa shape index (κ3) is 4.18. The molecule has 4 heteroatoms. The lowest BCUT2D eigenvalue weighted by molar-refractivity contribution is -0.140. The number of anilines is 1. The minimum absolute atomic E-state index is 0.0972. The van der Waals surface area contributed by atoms with Crippen LogP contribution in [0, 0.1) is 0 Å². The average molecular weight is 344 g/mol. The van der Waals surface area contributed by atoms with Gasteiger partial charge in [-0.3, -0.25) is 0 Å². The van der Waals surface area contributed by atoms with Crippen LogP contribution in [-0.4, -0.2) is 51.1 Å². The molecular formula is C21H32N2O2. The molecule has 4 rings (SSSR count). The molecule has 2 fully saturated rings. The summed E-state index contributed by atoms with van der Waals surface area (Å²) >= 11 is 0. The summed E-state index contributed by atoms with van der Waals surface area (Å²) in [4.78, 5) is 2.57. The van der Waals surface area contributed by atoms with E-state index in [4.69, 9.17) is 9.47 Å². The highest BCUT2D eigenvalue weighted by molar-refractivity contribution is 5.55. The van der Waals surface area contributed by atoms with Gasteiger partial charge in [0.2, 0.25) is 0 Å². The first-order chi connectivity index (χ1) is 12.3. The fourth-order valence-electron chi connectivity index (χ4n) is 4.71. The van der Waals surface area contributed by atoms with Crippen LogP contribution in [0.25, 0.3) is 0 Å². The maximum atomic E-state index is 6.15. The zero-order valence-electron chi connectivity index (χ0n) is 15.3. The normalized spacial score (nSPS) is 25.8. The van der Waals surface area contributed by atoms with Crippen molar-refractivity contribution in [2.75, 3.05) is 44.4 Å². The van der Waals surface area contributed by atoms with Crippen molar-refractivity contribution < 1.29 is 9.47 Å². The Hall–Kier alpha value is -1.10. The van der Waals surface area contributed by atoms with Crippen LogP contribution in [0.15, 0.2) is 24.3 Å². The van der Waals surface area contributed by atoms with Gasteiger partial charge in [-0.2, -0.15) is 0 Å². The number of hydrogen-bond acceptors (Lipinski definition) is 4. The molecule has 3 aliphatic rings. The van der Waals surface area contributed by atoms with Crippen LogP contribution in [0.3, 0.4) is 0 Å². The molecule has 1 N–H and O–H groups in total. The summed E-state index contributed by atoms with van der Waals surface area (Å²) in [7, 11) is 0. The van der Waals surface area contributed by atoms with E-state index in [1.807, 2.05) is 0 Å². The van der Waals surface area contributed by atoms with Crippen molar-refractivity contribution in [3.8, 4) is 0 Å². The third-order valence-corrected chi connectivity index (χ3v) is 6.14. The number of fused-ring (bicyclic) bond motifs is 1. The summed E-state index contributed by atoms with van der Waals surface area (Å²) in [5.74, 6) is 0. The lowest BCUT2D eigenvalue weighted by Crippen LogP contribution is -2.50. The molecule has 0 bridgehead atoms. The second-order valence-corrected chi connectivity index (χ2v) is 7.86. The lowest BCUT2D eigenvalue weighted by atomic mass is 9.84. The van der Waals surface area contributed by atoms with Crippen LogP contribution in [0.1, 0.15) is 44.1 Å². The van der Waals surface area contributed by atoms with Gasteiger partial charge in [0.05, 0.1) is 5.60 Å². The second kappa shape index (κ2) is 8.07. The van der Waals surface area contributed by atoms with Gasteiger partial charge in [-0.05, 0) is 63.1 Å². The van der Waals surface area contributed by atoms with Gasteiger partial charge in [0, 0.05) is 44.6 Å². The largest absolute Gasteiger partial charge is 0.381 e. The number of ether oxygens (including phenoxy) is 2. The van der Waals surface area contributed by atoms with Gasteiger partial charge in [0.1, 0.15) is 0 Å². The fourth-order valence-corrected chi connectivity index (χ4v) is 4.71. The zero-order chi connectivity index (χ0) is 17.0. The third-order valence-electron chi connectivity index (χ3n) is 6.14. The molecule has 3 aliphatic heterocycles. The summed E-state index contributed by atoms with van der Waals surface area (Å²) in [5.41, 5.74) is 3.08. The number of nitrogens with one attached hydrogen (secondary N) is 1. The summed E-state index contributed by atoms with van der Waals surface area (Å²) in [6.45, 7) is 6.10. The highest BCUT2D eigenvalue weighted by Gasteiger charge is 2.38. The van der Waals surface area contributed by atoms with Crippen LogP contribution < -0.4 is 10.2 Å². The van der Waals surface area contributed by atoms with Gasteiger partial charge < -0.3 is 19.7 Å². The van der Waals surface area contributed by atoms with Crippen molar-refractivity contribution in [3.63, 3.8) is 0 Å². The van der Waals surface area contributed by atoms with E-state index in [0.29, 0.717) is 6.04 Å². The maximum absolute atomic E-state index is 6.15. The Kier molecular flexibility index (Phi) is 5.59. The van der Waals surface area contributed by atoms with Crippen LogP contribution in [0.5, 0.6) is 0 Å². The Balaban J connectivity index is 1.22. The number of aryl methyl sites for hydroxylation is 1. The topological polar surface area (TPSA) is 33.7 Å². The Labute approximate surface area is 151 Å². The van der Waals surface area contributed by atoms with Gasteiger partial charge in [0.25, 0.3) is 0 Å². The minimum Gasteiger partial charge on any atom is -0.381 e. The quantitative estimate of drug-likeness (QED) is 0.832. The molecule has 3 heterocycles. The molecule has 0 saturated carbocycles. The summed E-state index contributed by atoms with van der Waals surface area (Å²) < 4.78 is 11.7. The zero-order valence-corrected chi connectivity index (χ0v) is 15.3. The van der Waals surface area contributed by atoms with Crippen LogP contribution in [0.4, 0.5) is 5.69 Å². The summed E-state index contributed by atoms with van der Waals surface area (Å²) in [6, 6.07) is 9.52. The smallest absolute Gasteiger partial charge is 0.0741 e. The van der Waals surface area contributed by atoms with E-state index < -0.39 is 0 Å². The van der Waals surface area contributed by atoms with Crippen molar-refractivity contribution in [2.45, 2.75) is 56.6 Å². The number of para-hydroxylation sites is 1. The number of rotatable bonds is 5. The van der Waals surface area contributed by atoms with E-state index in [-0.39, 0.29) is 5.60 Å². The number of benzene rings is 1. The molecule has 0 amide bonds. The molecule has 1 spiro atoms. The Bertz CT molecular complexity index is 551. The molecule has 1 aromatic rings. The van der Waals surface area contributed by atoms with Crippen molar-refractivity contribution in [1.29, 1.82) is 0 Å². The van der Waals surface area contributed by atoms with Gasteiger partial charge in [-0.15, -0.1) is 0 Å². The highest BCUT2D eigenvalue weighted by atomic mass is 16.5. The molecule has 0 radical (unpaired) electrons. The maximum Gasteiger partial charge on any atom is 0.0741 e. The Morgan fingerprint density at radius 1 is 1.16 bits per heavy atom. The Morgan fingerprint density at radius 3 is 2.96 bits per heavy atom. The monoisotopic (exact) mass is 344 g/mol. The van der Waals surface area contributed by atoms with Gasteiger partial charge in [0.15, 0.2) is 0 Å². The van der Waals surface area contributed by atoms with E-state index in [1.165, 1.54) is 37.1 Å². The van der Waals surface area contributed by atoms with Crippen LogP contribution >= 0.6 is 0 Å². The predicted octanol–water partition coefficient (Wildman–Crippen LogP) is 3.15. The molecule has 25 heavy (non-hydrogen) atoms. The van der Waals surface area contributed by atoms with Crippen molar-refractivity contribution in [2.24, 2.45) is 0 Å². The SMILES string of the molecule is c1ccc2c(c1)CCCN2CCCN[C@@H]1CCOC2(CCOCC2)C1. The van der Waals surface area contributed by atoms with Gasteiger partial charge in [-0.25, -0.2) is 0 Å². The van der Waals surface area contributed by atoms with E-state index in [9.17, 15) is 0 Å². The van der Waals surface area contributed by atoms with Gasteiger partial charge >= 0.3 is 0 Å². The molecule has 0 unspecified atom stereocenters. The summed E-state index contributed by atoms with van der Waals surface area (Å²) in [5, 5.41) is 3.81. The van der Waals surface area contributed by atoms with E-state index in [1.54, 1.807) is 0 Å². The van der Waals surface area contributed by atoms with Crippen molar-refractivity contribution in [1.82, 2.24) is 5.32 Å². The Morgan fingerprint density at radius 2 is 2.04 bits per heavy atom. The number of hydrogen-bond donors (Lipinski definition) is 1. The molecule has 138 valence electrons. The molecule has 0 aromatic heterocycles. The number of nitrogens with zero attached hydrogens (tertiary/aromatic N) is 1. The molecule has 2 saturated heterocycles. The average Bonchev–Trinajstić information content (AvgIpc) is 2.66. The van der Waals surface area contributed by atoms with E-state index in [2.05, 4.69) is 34.5 Å². The molecule has 0 aliphatic carbocycles. The molecule has 1 atom stereocenters. The van der Waals surface area contributed by atoms with E-state index in [0.717, 1.165) is 58.6 Å². The minimum atomic E-state index is 0.0972.